The number of rotatable bonds is 3. The number of carbonyl (C=O) groups is 1. The maximum Gasteiger partial charge on any atom is 0.142 e. The molecule has 0 radical (unpaired) electrons. The molecule has 1 unspecified atom stereocenters. The molecule has 1 saturated carbocycles. The van der Waals surface area contributed by atoms with Crippen molar-refractivity contribution in [2.24, 2.45) is 11.8 Å². The largest absolute Gasteiger partial charge is 0.299 e. The zero-order chi connectivity index (χ0) is 8.81. The van der Waals surface area contributed by atoms with Crippen LogP contribution in [0, 0.1) is 11.8 Å². The van der Waals surface area contributed by atoms with Crippen LogP contribution in [0.1, 0.15) is 39.0 Å². The molecule has 1 nitrogen and oxygen atoms in total. The third kappa shape index (κ3) is 2.80. The van der Waals surface area contributed by atoms with E-state index in [4.69, 9.17) is 0 Å². The fourth-order valence-corrected chi connectivity index (χ4v) is 2.04. The minimum absolute atomic E-state index is 0.593. The summed E-state index contributed by atoms with van der Waals surface area (Å²) < 4.78 is 0. The Kier molecular flexibility index (Phi) is 4.06. The lowest BCUT2D eigenvalue weighted by Gasteiger charge is -2.25. The van der Waals surface area contributed by atoms with Gasteiger partial charge in [-0.3, -0.25) is 4.79 Å². The molecule has 0 heterocycles. The van der Waals surface area contributed by atoms with Gasteiger partial charge in [-0.15, -0.1) is 0 Å². The molecule has 68 valence electrons. The lowest BCUT2D eigenvalue weighted by atomic mass is 9.81. The fourth-order valence-electron chi connectivity index (χ4n) is 2.04. The van der Waals surface area contributed by atoms with Gasteiger partial charge in [0.25, 0.3) is 0 Å². The number of carbonyl (C=O) groups excluding carboxylic acids is 1. The maximum absolute atomic E-state index is 10.1. The third-order valence-electron chi connectivity index (χ3n) is 2.89. The molecule has 0 spiro atoms. The molecular formula is C11H18O. The van der Waals surface area contributed by atoms with E-state index in [1.54, 1.807) is 6.08 Å². The SMILES string of the molecule is CC(/C=C\C=O)C1CCCCC1. The molecular weight excluding hydrogens is 148 g/mol. The highest BCUT2D eigenvalue weighted by Gasteiger charge is 2.17. The molecule has 1 aliphatic rings. The van der Waals surface area contributed by atoms with Crippen molar-refractivity contribution in [3.05, 3.63) is 12.2 Å². The number of hydrogen-bond acceptors (Lipinski definition) is 1. The van der Waals surface area contributed by atoms with E-state index < -0.39 is 0 Å². The Bertz CT molecular complexity index is 154. The van der Waals surface area contributed by atoms with Crippen LogP contribution in [0.25, 0.3) is 0 Å². The van der Waals surface area contributed by atoms with E-state index >= 15 is 0 Å². The molecule has 0 bridgehead atoms. The van der Waals surface area contributed by atoms with Crippen molar-refractivity contribution in [1.29, 1.82) is 0 Å². The van der Waals surface area contributed by atoms with E-state index in [9.17, 15) is 4.79 Å². The van der Waals surface area contributed by atoms with Crippen molar-refractivity contribution < 1.29 is 4.79 Å². The maximum atomic E-state index is 10.1. The molecule has 1 aliphatic carbocycles. The fraction of sp³-hybridized carbons (Fsp3) is 0.727. The van der Waals surface area contributed by atoms with Gasteiger partial charge in [-0.2, -0.15) is 0 Å². The van der Waals surface area contributed by atoms with E-state index in [2.05, 4.69) is 6.92 Å². The first kappa shape index (κ1) is 9.50. The van der Waals surface area contributed by atoms with Gasteiger partial charge < -0.3 is 0 Å². The summed E-state index contributed by atoms with van der Waals surface area (Å²) in [6, 6.07) is 0. The van der Waals surface area contributed by atoms with E-state index in [1.807, 2.05) is 6.08 Å². The molecule has 1 heteroatoms. The lowest BCUT2D eigenvalue weighted by Crippen LogP contribution is -2.13. The van der Waals surface area contributed by atoms with Crippen molar-refractivity contribution in [3.63, 3.8) is 0 Å². The third-order valence-corrected chi connectivity index (χ3v) is 2.89. The van der Waals surface area contributed by atoms with Gasteiger partial charge >= 0.3 is 0 Å². The smallest absolute Gasteiger partial charge is 0.142 e. The van der Waals surface area contributed by atoms with Gasteiger partial charge in [0.2, 0.25) is 0 Å². The molecule has 0 amide bonds. The Morgan fingerprint density at radius 2 is 1.92 bits per heavy atom. The van der Waals surface area contributed by atoms with Crippen molar-refractivity contribution in [2.75, 3.05) is 0 Å². The summed E-state index contributed by atoms with van der Waals surface area (Å²) in [4.78, 5) is 10.1. The van der Waals surface area contributed by atoms with Gasteiger partial charge in [-0.05, 0) is 30.8 Å². The van der Waals surface area contributed by atoms with Crippen LogP contribution in [0.15, 0.2) is 12.2 Å². The van der Waals surface area contributed by atoms with E-state index in [0.717, 1.165) is 12.2 Å². The Morgan fingerprint density at radius 3 is 2.50 bits per heavy atom. The molecule has 0 N–H and O–H groups in total. The molecule has 1 fully saturated rings. The molecule has 0 aromatic rings. The predicted molar refractivity (Wildman–Crippen MR) is 50.9 cm³/mol. The molecule has 0 aromatic heterocycles. The highest BCUT2D eigenvalue weighted by molar-refractivity contribution is 5.64. The summed E-state index contributed by atoms with van der Waals surface area (Å²) in [7, 11) is 0. The first-order chi connectivity index (χ1) is 5.84. The first-order valence-corrected chi connectivity index (χ1v) is 4.96. The average Bonchev–Trinajstić information content (AvgIpc) is 2.15. The lowest BCUT2D eigenvalue weighted by molar-refractivity contribution is -0.104. The first-order valence-electron chi connectivity index (χ1n) is 4.96. The summed E-state index contributed by atoms with van der Waals surface area (Å²) in [5.41, 5.74) is 0. The van der Waals surface area contributed by atoms with Crippen LogP contribution < -0.4 is 0 Å². The Morgan fingerprint density at radius 1 is 1.25 bits per heavy atom. The van der Waals surface area contributed by atoms with Crippen LogP contribution >= 0.6 is 0 Å². The van der Waals surface area contributed by atoms with Crippen LogP contribution in [0.5, 0.6) is 0 Å². The van der Waals surface area contributed by atoms with Gasteiger partial charge in [0, 0.05) is 0 Å². The normalized spacial score (nSPS) is 22.8. The van der Waals surface area contributed by atoms with E-state index in [0.29, 0.717) is 5.92 Å². The number of hydrogen-bond donors (Lipinski definition) is 0. The van der Waals surface area contributed by atoms with Gasteiger partial charge in [-0.1, -0.05) is 32.3 Å². The van der Waals surface area contributed by atoms with Gasteiger partial charge in [0.1, 0.15) is 6.29 Å². The quantitative estimate of drug-likeness (QED) is 0.465. The minimum Gasteiger partial charge on any atom is -0.299 e. The summed E-state index contributed by atoms with van der Waals surface area (Å²) >= 11 is 0. The molecule has 0 aromatic carbocycles. The molecule has 1 atom stereocenters. The zero-order valence-electron chi connectivity index (χ0n) is 7.83. The van der Waals surface area contributed by atoms with E-state index in [-0.39, 0.29) is 0 Å². The van der Waals surface area contributed by atoms with Crippen molar-refractivity contribution in [3.8, 4) is 0 Å². The molecule has 0 saturated heterocycles. The minimum atomic E-state index is 0.593. The van der Waals surface area contributed by atoms with Crippen molar-refractivity contribution in [2.45, 2.75) is 39.0 Å². The highest BCUT2D eigenvalue weighted by atomic mass is 16.1. The van der Waals surface area contributed by atoms with E-state index in [1.165, 1.54) is 32.1 Å². The van der Waals surface area contributed by atoms with Crippen molar-refractivity contribution in [1.82, 2.24) is 0 Å². The standard InChI is InChI=1S/C11H18O/c1-10(6-5-9-12)11-7-3-2-4-8-11/h5-6,9-11H,2-4,7-8H2,1H3/b6-5-. The monoisotopic (exact) mass is 166 g/mol. The van der Waals surface area contributed by atoms with Crippen LogP contribution in [-0.2, 0) is 4.79 Å². The Balaban J connectivity index is 2.33. The second kappa shape index (κ2) is 5.13. The summed E-state index contributed by atoms with van der Waals surface area (Å²) in [6.45, 7) is 2.22. The van der Waals surface area contributed by atoms with Crippen LogP contribution in [-0.4, -0.2) is 6.29 Å². The number of allylic oxidation sites excluding steroid dienone is 2. The topological polar surface area (TPSA) is 17.1 Å². The Hall–Kier alpha value is -0.590. The second-order valence-electron chi connectivity index (χ2n) is 3.78. The summed E-state index contributed by atoms with van der Waals surface area (Å²) in [5.74, 6) is 1.42. The number of aldehydes is 1. The summed E-state index contributed by atoms with van der Waals surface area (Å²) in [5, 5.41) is 0. The summed E-state index contributed by atoms with van der Waals surface area (Å²) in [6.07, 6.45) is 11.4. The van der Waals surface area contributed by atoms with Crippen LogP contribution in [0.4, 0.5) is 0 Å². The van der Waals surface area contributed by atoms with Crippen molar-refractivity contribution >= 4 is 6.29 Å². The second-order valence-corrected chi connectivity index (χ2v) is 3.78. The van der Waals surface area contributed by atoms with Crippen LogP contribution in [0.2, 0.25) is 0 Å². The zero-order valence-corrected chi connectivity index (χ0v) is 7.83. The Labute approximate surface area is 74.9 Å². The van der Waals surface area contributed by atoms with Gasteiger partial charge in [-0.25, -0.2) is 0 Å². The highest BCUT2D eigenvalue weighted by Crippen LogP contribution is 2.30. The molecule has 12 heavy (non-hydrogen) atoms. The molecule has 0 aliphatic heterocycles. The average molecular weight is 166 g/mol. The van der Waals surface area contributed by atoms with Crippen LogP contribution in [0.3, 0.4) is 0 Å². The predicted octanol–water partition coefficient (Wildman–Crippen LogP) is 2.96. The van der Waals surface area contributed by atoms with Gasteiger partial charge in [0.05, 0.1) is 0 Å². The van der Waals surface area contributed by atoms with Gasteiger partial charge in [0.15, 0.2) is 0 Å². The molecule has 1 rings (SSSR count).